The summed E-state index contributed by atoms with van der Waals surface area (Å²) < 4.78 is 72.1. The molecule has 208 valence electrons. The molecule has 0 spiro atoms. The van der Waals surface area contributed by atoms with E-state index < -0.39 is 21.8 Å². The van der Waals surface area contributed by atoms with E-state index in [0.29, 0.717) is 48.7 Å². The second kappa shape index (κ2) is 11.3. The maximum absolute atomic E-state index is 13.3. The summed E-state index contributed by atoms with van der Waals surface area (Å²) in [4.78, 5) is 16.9. The van der Waals surface area contributed by atoms with Crippen LogP contribution in [0.3, 0.4) is 0 Å². The first-order chi connectivity index (χ1) is 18.4. The minimum atomic E-state index is -4.42. The Morgan fingerprint density at radius 2 is 1.64 bits per heavy atom. The van der Waals surface area contributed by atoms with Gasteiger partial charge < -0.3 is 14.5 Å². The van der Waals surface area contributed by atoms with Gasteiger partial charge >= 0.3 is 6.18 Å². The number of amides is 1. The number of piperazine rings is 1. The average Bonchev–Trinajstić information content (AvgIpc) is 2.92. The molecule has 0 atom stereocenters. The molecule has 0 N–H and O–H groups in total. The van der Waals surface area contributed by atoms with E-state index in [4.69, 9.17) is 4.74 Å². The van der Waals surface area contributed by atoms with Crippen LogP contribution in [0.25, 0.3) is 0 Å². The van der Waals surface area contributed by atoms with Crippen LogP contribution in [-0.2, 0) is 22.7 Å². The van der Waals surface area contributed by atoms with Crippen molar-refractivity contribution in [1.82, 2.24) is 9.21 Å². The number of hydrogen-bond donors (Lipinski definition) is 0. The minimum Gasteiger partial charge on any atom is -0.496 e. The van der Waals surface area contributed by atoms with Crippen molar-refractivity contribution in [2.75, 3.05) is 45.2 Å². The molecule has 1 aliphatic rings. The van der Waals surface area contributed by atoms with Crippen molar-refractivity contribution in [2.45, 2.75) is 24.5 Å². The van der Waals surface area contributed by atoms with Crippen LogP contribution in [0.4, 0.5) is 18.9 Å². The van der Waals surface area contributed by atoms with Crippen molar-refractivity contribution in [3.8, 4) is 5.75 Å². The van der Waals surface area contributed by atoms with Gasteiger partial charge in [-0.15, -0.1) is 0 Å². The number of rotatable bonds is 7. The summed E-state index contributed by atoms with van der Waals surface area (Å²) in [5.74, 6) is 0.207. The van der Waals surface area contributed by atoms with Gasteiger partial charge in [-0.3, -0.25) is 4.79 Å². The summed E-state index contributed by atoms with van der Waals surface area (Å²) >= 11 is 0. The van der Waals surface area contributed by atoms with Gasteiger partial charge in [-0.2, -0.15) is 17.5 Å². The Kier molecular flexibility index (Phi) is 8.22. The lowest BCUT2D eigenvalue weighted by Gasteiger charge is -2.36. The van der Waals surface area contributed by atoms with E-state index >= 15 is 0 Å². The van der Waals surface area contributed by atoms with Crippen LogP contribution < -0.4 is 9.64 Å². The standard InChI is InChI=1S/C28H30F3N3O4S/c1-20-7-10-25(11-8-20)39(36,37)32(2)19-22-17-21(9-12-26(22)38-3)27(35)34-15-13-33(14-16-34)24-6-4-5-23(18-24)28(29,30)31/h4-12,17-18H,13-16,19H2,1-3H3. The Balaban J connectivity index is 1.47. The Morgan fingerprint density at radius 1 is 0.974 bits per heavy atom. The quantitative estimate of drug-likeness (QED) is 0.414. The van der Waals surface area contributed by atoms with Gasteiger partial charge in [0.15, 0.2) is 0 Å². The molecular weight excluding hydrogens is 531 g/mol. The number of hydrogen-bond acceptors (Lipinski definition) is 5. The molecule has 4 rings (SSSR count). The van der Waals surface area contributed by atoms with Gasteiger partial charge in [0.1, 0.15) is 5.75 Å². The zero-order valence-corrected chi connectivity index (χ0v) is 22.7. The highest BCUT2D eigenvalue weighted by molar-refractivity contribution is 7.89. The first kappa shape index (κ1) is 28.4. The predicted octanol–water partition coefficient (Wildman–Crippen LogP) is 4.81. The first-order valence-electron chi connectivity index (χ1n) is 12.3. The van der Waals surface area contributed by atoms with Crippen LogP contribution in [0.5, 0.6) is 5.75 Å². The van der Waals surface area contributed by atoms with E-state index in [1.54, 1.807) is 53.4 Å². The van der Waals surface area contributed by atoms with Gasteiger partial charge in [-0.05, 0) is 55.5 Å². The van der Waals surface area contributed by atoms with Crippen LogP contribution in [0.15, 0.2) is 71.6 Å². The molecule has 0 aliphatic carbocycles. The lowest BCUT2D eigenvalue weighted by atomic mass is 10.1. The van der Waals surface area contributed by atoms with E-state index in [9.17, 15) is 26.4 Å². The highest BCUT2D eigenvalue weighted by Crippen LogP contribution is 2.32. The number of nitrogens with zero attached hydrogens (tertiary/aromatic N) is 3. The van der Waals surface area contributed by atoms with Crippen molar-refractivity contribution in [2.24, 2.45) is 0 Å². The number of carbonyl (C=O) groups is 1. The van der Waals surface area contributed by atoms with E-state index in [-0.39, 0.29) is 17.3 Å². The van der Waals surface area contributed by atoms with Gasteiger partial charge in [0.25, 0.3) is 5.91 Å². The Bertz CT molecular complexity index is 1440. The molecule has 0 radical (unpaired) electrons. The highest BCUT2D eigenvalue weighted by Gasteiger charge is 2.31. The number of anilines is 1. The maximum atomic E-state index is 13.3. The van der Waals surface area contributed by atoms with E-state index in [1.807, 2.05) is 11.8 Å². The number of aryl methyl sites for hydroxylation is 1. The Morgan fingerprint density at radius 3 is 2.26 bits per heavy atom. The van der Waals surface area contributed by atoms with Crippen molar-refractivity contribution in [3.05, 3.63) is 89.0 Å². The molecule has 3 aromatic rings. The summed E-state index contributed by atoms with van der Waals surface area (Å²) in [6, 6.07) is 16.6. The molecule has 3 aromatic carbocycles. The number of sulfonamides is 1. The minimum absolute atomic E-state index is 0.0101. The van der Waals surface area contributed by atoms with Crippen molar-refractivity contribution in [3.63, 3.8) is 0 Å². The number of benzene rings is 3. The summed E-state index contributed by atoms with van der Waals surface area (Å²) in [5.41, 5.74) is 1.60. The molecule has 0 aromatic heterocycles. The molecule has 1 fully saturated rings. The molecule has 1 saturated heterocycles. The van der Waals surface area contributed by atoms with Crippen LogP contribution in [0.2, 0.25) is 0 Å². The summed E-state index contributed by atoms with van der Waals surface area (Å²) in [7, 11) is -0.828. The number of carbonyl (C=O) groups excluding carboxylic acids is 1. The Labute approximate surface area is 226 Å². The third-order valence-corrected chi connectivity index (χ3v) is 8.57. The van der Waals surface area contributed by atoms with Crippen molar-refractivity contribution >= 4 is 21.6 Å². The van der Waals surface area contributed by atoms with Gasteiger partial charge in [0.2, 0.25) is 10.0 Å². The molecular formula is C28H30F3N3O4S. The number of methoxy groups -OCH3 is 1. The fourth-order valence-corrected chi connectivity index (χ4v) is 5.63. The topological polar surface area (TPSA) is 70.2 Å². The van der Waals surface area contributed by atoms with Crippen LogP contribution in [0.1, 0.15) is 27.0 Å². The second-order valence-electron chi connectivity index (χ2n) is 9.43. The highest BCUT2D eigenvalue weighted by atomic mass is 32.2. The first-order valence-corrected chi connectivity index (χ1v) is 13.8. The lowest BCUT2D eigenvalue weighted by Crippen LogP contribution is -2.48. The molecule has 1 aliphatic heterocycles. The van der Waals surface area contributed by atoms with Crippen molar-refractivity contribution < 1.29 is 31.1 Å². The zero-order chi connectivity index (χ0) is 28.4. The number of alkyl halides is 3. The summed E-state index contributed by atoms with van der Waals surface area (Å²) in [6.45, 7) is 3.29. The van der Waals surface area contributed by atoms with Gasteiger partial charge in [-0.25, -0.2) is 8.42 Å². The molecule has 1 heterocycles. The van der Waals surface area contributed by atoms with E-state index in [2.05, 4.69) is 0 Å². The van der Waals surface area contributed by atoms with Gasteiger partial charge in [-0.1, -0.05) is 23.8 Å². The molecule has 0 unspecified atom stereocenters. The largest absolute Gasteiger partial charge is 0.496 e. The fourth-order valence-electron chi connectivity index (χ4n) is 4.48. The van der Waals surface area contributed by atoms with Gasteiger partial charge in [0.05, 0.1) is 17.6 Å². The molecule has 39 heavy (non-hydrogen) atoms. The number of halogens is 3. The second-order valence-corrected chi connectivity index (χ2v) is 11.5. The summed E-state index contributed by atoms with van der Waals surface area (Å²) in [5, 5.41) is 0. The SMILES string of the molecule is COc1ccc(C(=O)N2CCN(c3cccc(C(F)(F)F)c3)CC2)cc1CN(C)S(=O)(=O)c1ccc(C)cc1. The number of ether oxygens (including phenoxy) is 1. The van der Waals surface area contributed by atoms with Crippen LogP contribution in [0, 0.1) is 6.92 Å². The summed E-state index contributed by atoms with van der Waals surface area (Å²) in [6.07, 6.45) is -4.42. The zero-order valence-electron chi connectivity index (χ0n) is 21.9. The van der Waals surface area contributed by atoms with E-state index in [0.717, 1.165) is 17.7 Å². The third-order valence-electron chi connectivity index (χ3n) is 6.76. The maximum Gasteiger partial charge on any atom is 0.416 e. The van der Waals surface area contributed by atoms with E-state index in [1.165, 1.54) is 24.5 Å². The third kappa shape index (κ3) is 6.36. The molecule has 7 nitrogen and oxygen atoms in total. The van der Waals surface area contributed by atoms with Gasteiger partial charge in [0, 0.05) is 56.6 Å². The molecule has 0 bridgehead atoms. The van der Waals surface area contributed by atoms with Crippen LogP contribution in [-0.4, -0.2) is 63.9 Å². The lowest BCUT2D eigenvalue weighted by molar-refractivity contribution is -0.137. The monoisotopic (exact) mass is 561 g/mol. The average molecular weight is 562 g/mol. The molecule has 11 heteroatoms. The smallest absolute Gasteiger partial charge is 0.416 e. The van der Waals surface area contributed by atoms with Crippen molar-refractivity contribution in [1.29, 1.82) is 0 Å². The Hall–Kier alpha value is -3.57. The molecule has 0 saturated carbocycles. The van der Waals surface area contributed by atoms with Crippen LogP contribution >= 0.6 is 0 Å². The predicted molar refractivity (Wildman–Crippen MR) is 142 cm³/mol. The normalized spacial score (nSPS) is 14.5. The fraction of sp³-hybridized carbons (Fsp3) is 0.321. The molecule has 1 amide bonds.